The van der Waals surface area contributed by atoms with Crippen LogP contribution in [0.4, 0.5) is 0 Å². The molecule has 0 fully saturated rings. The topological polar surface area (TPSA) is 108 Å². The first-order valence-electron chi connectivity index (χ1n) is 31.9. The summed E-state index contributed by atoms with van der Waals surface area (Å²) < 4.78 is 23.3. The normalized spacial score (nSPS) is 14.4. The molecule has 0 aromatic carbocycles. The van der Waals surface area contributed by atoms with Crippen molar-refractivity contribution in [3.8, 4) is 0 Å². The predicted molar refractivity (Wildman–Crippen MR) is 330 cm³/mol. The highest BCUT2D eigenvalue weighted by Gasteiger charge is 2.23. The molecule has 0 rings (SSSR count). The number of nitrogens with zero attached hydrogens (tertiary/aromatic N) is 1. The van der Waals surface area contributed by atoms with Gasteiger partial charge in [0.25, 0.3) is 7.82 Å². The van der Waals surface area contributed by atoms with Crippen molar-refractivity contribution in [2.24, 2.45) is 0 Å². The van der Waals surface area contributed by atoms with E-state index in [1.165, 1.54) is 186 Å². The Morgan fingerprint density at radius 3 is 1.22 bits per heavy atom. The minimum Gasteiger partial charge on any atom is -0.756 e. The third-order valence-corrected chi connectivity index (χ3v) is 15.0. The van der Waals surface area contributed by atoms with Crippen LogP contribution in [0.1, 0.15) is 284 Å². The van der Waals surface area contributed by atoms with Gasteiger partial charge < -0.3 is 28.8 Å². The monoisotopic (exact) mass is 1080 g/mol. The van der Waals surface area contributed by atoms with Crippen molar-refractivity contribution in [1.82, 2.24) is 5.32 Å². The number of nitrogens with one attached hydrogen (secondary N) is 1. The molecule has 442 valence electrons. The van der Waals surface area contributed by atoms with Gasteiger partial charge in [0.1, 0.15) is 13.2 Å². The summed E-state index contributed by atoms with van der Waals surface area (Å²) in [6.07, 6.45) is 81.5. The maximum absolute atomic E-state index is 13.0. The third kappa shape index (κ3) is 59.3. The molecule has 9 heteroatoms. The number of unbranched alkanes of at least 4 members (excludes halogenated alkanes) is 33. The van der Waals surface area contributed by atoms with Gasteiger partial charge in [-0.3, -0.25) is 9.36 Å². The molecule has 0 aliphatic heterocycles. The van der Waals surface area contributed by atoms with Crippen LogP contribution in [-0.4, -0.2) is 68.5 Å². The summed E-state index contributed by atoms with van der Waals surface area (Å²) in [5, 5.41) is 13.8. The second-order valence-electron chi connectivity index (χ2n) is 22.7. The van der Waals surface area contributed by atoms with Crippen molar-refractivity contribution >= 4 is 13.7 Å². The zero-order valence-electron chi connectivity index (χ0n) is 50.4. The Morgan fingerprint density at radius 2 is 0.816 bits per heavy atom. The van der Waals surface area contributed by atoms with Crippen molar-refractivity contribution in [3.63, 3.8) is 0 Å². The van der Waals surface area contributed by atoms with Crippen molar-refractivity contribution in [1.29, 1.82) is 0 Å². The molecule has 8 nitrogen and oxygen atoms in total. The van der Waals surface area contributed by atoms with Gasteiger partial charge in [0.05, 0.1) is 39.9 Å². The summed E-state index contributed by atoms with van der Waals surface area (Å²) in [5.74, 6) is -0.210. The Morgan fingerprint density at radius 1 is 0.474 bits per heavy atom. The predicted octanol–water partition coefficient (Wildman–Crippen LogP) is 19.4. The fourth-order valence-electron chi connectivity index (χ4n) is 9.12. The molecule has 0 aliphatic rings. The molecule has 1 amide bonds. The number of phosphoric ester groups is 1. The Bertz CT molecular complexity index is 1510. The number of quaternary nitrogens is 1. The van der Waals surface area contributed by atoms with Gasteiger partial charge in [-0.1, -0.05) is 279 Å². The van der Waals surface area contributed by atoms with Gasteiger partial charge in [-0.05, 0) is 83.5 Å². The van der Waals surface area contributed by atoms with Crippen molar-refractivity contribution in [3.05, 3.63) is 85.1 Å². The lowest BCUT2D eigenvalue weighted by Gasteiger charge is -2.29. The summed E-state index contributed by atoms with van der Waals surface area (Å²) in [6, 6.07) is -0.910. The molecule has 0 aliphatic carbocycles. The summed E-state index contributed by atoms with van der Waals surface area (Å²) >= 11 is 0. The van der Waals surface area contributed by atoms with E-state index in [-0.39, 0.29) is 12.5 Å². The zero-order chi connectivity index (χ0) is 55.6. The molecule has 0 aromatic heterocycles. The van der Waals surface area contributed by atoms with E-state index in [4.69, 9.17) is 9.05 Å². The van der Waals surface area contributed by atoms with Crippen LogP contribution in [0.15, 0.2) is 85.1 Å². The number of likely N-dealkylation sites (N-methyl/N-ethyl adjacent to an activating group) is 1. The Kier molecular flexibility index (Phi) is 55.6. The first-order chi connectivity index (χ1) is 37.0. The highest BCUT2D eigenvalue weighted by atomic mass is 31.2. The zero-order valence-corrected chi connectivity index (χ0v) is 51.3. The smallest absolute Gasteiger partial charge is 0.268 e. The molecule has 0 saturated carbocycles. The molecule has 3 unspecified atom stereocenters. The van der Waals surface area contributed by atoms with Crippen LogP contribution >= 0.6 is 7.82 Å². The molecule has 0 spiro atoms. The average Bonchev–Trinajstić information content (AvgIpc) is 3.38. The highest BCUT2D eigenvalue weighted by molar-refractivity contribution is 7.45. The van der Waals surface area contributed by atoms with Gasteiger partial charge >= 0.3 is 0 Å². The summed E-state index contributed by atoms with van der Waals surface area (Å²) in [4.78, 5) is 25.5. The van der Waals surface area contributed by atoms with E-state index < -0.39 is 26.6 Å². The number of amides is 1. The lowest BCUT2D eigenvalue weighted by atomic mass is 10.0. The SMILES string of the molecule is CC/C=C\C/C=C\C/C=C\C/C=C\CCCCCCCCCCCCCCCCCCCCCCCCCCCCCCC(=O)NC(COP(=O)([O-])OCC[N+](C)(C)C)C(O)/C=C/CC/C=C/CC/C=C/CCCCC. The Labute approximate surface area is 471 Å². The maximum Gasteiger partial charge on any atom is 0.268 e. The molecule has 0 saturated heterocycles. The van der Waals surface area contributed by atoms with E-state index in [0.717, 1.165) is 77.0 Å². The molecule has 0 aromatic rings. The van der Waals surface area contributed by atoms with E-state index in [9.17, 15) is 19.4 Å². The maximum atomic E-state index is 13.0. The first-order valence-corrected chi connectivity index (χ1v) is 33.4. The average molecular weight is 1080 g/mol. The molecule has 0 heterocycles. The Balaban J connectivity index is 3.87. The first kappa shape index (κ1) is 73.7. The number of rotatable bonds is 58. The van der Waals surface area contributed by atoms with Crippen LogP contribution in [-0.2, 0) is 18.4 Å². The molecule has 0 bridgehead atoms. The lowest BCUT2D eigenvalue weighted by Crippen LogP contribution is -2.45. The van der Waals surface area contributed by atoms with Crippen LogP contribution in [0.2, 0.25) is 0 Å². The number of allylic oxidation sites excluding steroid dienone is 13. The number of carbonyl (C=O) groups excluding carboxylic acids is 1. The van der Waals surface area contributed by atoms with Gasteiger partial charge in [0.15, 0.2) is 0 Å². The van der Waals surface area contributed by atoms with Gasteiger partial charge in [-0.25, -0.2) is 0 Å². The number of phosphoric acid groups is 1. The van der Waals surface area contributed by atoms with Gasteiger partial charge in [0, 0.05) is 6.42 Å². The van der Waals surface area contributed by atoms with E-state index in [0.29, 0.717) is 17.4 Å². The highest BCUT2D eigenvalue weighted by Crippen LogP contribution is 2.38. The lowest BCUT2D eigenvalue weighted by molar-refractivity contribution is -0.870. The minimum absolute atomic E-state index is 0.00971. The number of carbonyl (C=O) groups is 1. The van der Waals surface area contributed by atoms with Crippen LogP contribution in [0, 0.1) is 0 Å². The standard InChI is InChI=1S/C67H123N2O6P/c1-6-8-10-12-14-16-18-20-21-22-23-24-25-26-27-28-29-30-31-32-33-34-35-36-37-38-39-40-41-42-43-44-45-46-47-49-51-53-55-57-59-61-67(71)68-65(64-75-76(72,73)74-63-62-69(3,4)5)66(70)60-58-56-54-52-50-48-19-17-15-13-11-9-7-2/h8,10,14-17,20-21,23-24,50,52,58,60,65-66,70H,6-7,9,11-13,18-19,22,25-49,51,53-57,59,61-64H2,1-5H3,(H-,68,71,72,73)/b10-8-,16-14-,17-15+,21-20-,24-23-,52-50+,60-58+. The fraction of sp³-hybridized carbons (Fsp3) is 0.776. The van der Waals surface area contributed by atoms with Crippen LogP contribution in [0.3, 0.4) is 0 Å². The molecule has 0 radical (unpaired) electrons. The van der Waals surface area contributed by atoms with Gasteiger partial charge in [0.2, 0.25) is 5.91 Å². The van der Waals surface area contributed by atoms with E-state index in [1.807, 2.05) is 27.2 Å². The molecular formula is C67H123N2O6P. The molecule has 76 heavy (non-hydrogen) atoms. The second-order valence-corrected chi connectivity index (χ2v) is 24.1. The van der Waals surface area contributed by atoms with E-state index >= 15 is 0 Å². The second kappa shape index (κ2) is 57.4. The molecular weight excluding hydrogens is 960 g/mol. The third-order valence-electron chi connectivity index (χ3n) is 14.1. The number of aliphatic hydroxyl groups excluding tert-OH is 1. The van der Waals surface area contributed by atoms with Crippen LogP contribution < -0.4 is 10.2 Å². The summed E-state index contributed by atoms with van der Waals surface area (Å²) in [7, 11) is 1.24. The van der Waals surface area contributed by atoms with Gasteiger partial charge in [-0.2, -0.15) is 0 Å². The van der Waals surface area contributed by atoms with Crippen molar-refractivity contribution in [2.45, 2.75) is 296 Å². The number of aliphatic hydroxyl groups is 1. The van der Waals surface area contributed by atoms with E-state index in [1.54, 1.807) is 6.08 Å². The molecule has 2 N–H and O–H groups in total. The van der Waals surface area contributed by atoms with Crippen LogP contribution in [0.25, 0.3) is 0 Å². The fourth-order valence-corrected chi connectivity index (χ4v) is 9.84. The van der Waals surface area contributed by atoms with Crippen molar-refractivity contribution in [2.75, 3.05) is 40.9 Å². The minimum atomic E-state index is -4.61. The Hall–Kier alpha value is -2.32. The number of hydrogen-bond acceptors (Lipinski definition) is 6. The number of hydrogen-bond donors (Lipinski definition) is 2. The van der Waals surface area contributed by atoms with Crippen molar-refractivity contribution < 1.29 is 32.9 Å². The summed E-state index contributed by atoms with van der Waals surface area (Å²) in [6.45, 7) is 4.48. The quantitative estimate of drug-likeness (QED) is 0.0272. The van der Waals surface area contributed by atoms with E-state index in [2.05, 4.69) is 92.1 Å². The molecule has 3 atom stereocenters. The van der Waals surface area contributed by atoms with Gasteiger partial charge in [-0.15, -0.1) is 0 Å². The van der Waals surface area contributed by atoms with Crippen LogP contribution in [0.5, 0.6) is 0 Å². The largest absolute Gasteiger partial charge is 0.756 e. The summed E-state index contributed by atoms with van der Waals surface area (Å²) in [5.41, 5.74) is 0.